The topological polar surface area (TPSA) is 79.6 Å². The monoisotopic (exact) mass is 430 g/mol. The van der Waals surface area contributed by atoms with E-state index in [9.17, 15) is 14.0 Å². The van der Waals surface area contributed by atoms with Crippen molar-refractivity contribution in [2.24, 2.45) is 14.1 Å². The SMILES string of the molecule is Cc1nn(-c2nc3c(c(=O)n(C)c(=O)n3C)n2Cc2c(F)cccc2Cl)c(C)c1C. The van der Waals surface area contributed by atoms with Gasteiger partial charge >= 0.3 is 5.69 Å². The van der Waals surface area contributed by atoms with Gasteiger partial charge in [0.1, 0.15) is 5.82 Å². The molecule has 0 fully saturated rings. The molecule has 1 aromatic carbocycles. The second-order valence-electron chi connectivity index (χ2n) is 7.28. The fourth-order valence-corrected chi connectivity index (χ4v) is 3.73. The van der Waals surface area contributed by atoms with Gasteiger partial charge in [-0.05, 0) is 38.5 Å². The third-order valence-electron chi connectivity index (χ3n) is 5.55. The molecule has 8 nitrogen and oxygen atoms in total. The number of halogens is 2. The quantitative estimate of drug-likeness (QED) is 0.500. The molecule has 0 amide bonds. The van der Waals surface area contributed by atoms with E-state index < -0.39 is 17.1 Å². The summed E-state index contributed by atoms with van der Waals surface area (Å²) in [7, 11) is 2.93. The maximum atomic E-state index is 14.6. The molecular weight excluding hydrogens is 411 g/mol. The number of nitrogens with zero attached hydrogens (tertiary/aromatic N) is 6. The van der Waals surface area contributed by atoms with E-state index in [-0.39, 0.29) is 28.3 Å². The first-order chi connectivity index (χ1) is 14.1. The molecule has 0 bridgehead atoms. The maximum absolute atomic E-state index is 14.6. The lowest BCUT2D eigenvalue weighted by Crippen LogP contribution is -2.37. The number of hydrogen-bond donors (Lipinski definition) is 0. The van der Waals surface area contributed by atoms with Crippen molar-refractivity contribution >= 4 is 22.8 Å². The van der Waals surface area contributed by atoms with Crippen molar-refractivity contribution in [2.45, 2.75) is 27.3 Å². The summed E-state index contributed by atoms with van der Waals surface area (Å²) < 4.78 is 20.0. The minimum Gasteiger partial charge on any atom is -0.298 e. The molecule has 0 aliphatic carbocycles. The molecule has 0 saturated heterocycles. The Kier molecular flexibility index (Phi) is 4.65. The molecule has 0 aliphatic rings. The van der Waals surface area contributed by atoms with Crippen molar-refractivity contribution in [2.75, 3.05) is 0 Å². The number of aryl methyl sites for hydroxylation is 2. The number of fused-ring (bicyclic) bond motifs is 1. The molecule has 4 rings (SSSR count). The van der Waals surface area contributed by atoms with Crippen LogP contribution in [0.15, 0.2) is 27.8 Å². The molecule has 4 aromatic rings. The number of imidazole rings is 1. The smallest absolute Gasteiger partial charge is 0.298 e. The highest BCUT2D eigenvalue weighted by Crippen LogP contribution is 2.25. The van der Waals surface area contributed by atoms with Crippen molar-refractivity contribution in [1.29, 1.82) is 0 Å². The molecule has 0 N–H and O–H groups in total. The van der Waals surface area contributed by atoms with E-state index in [2.05, 4.69) is 10.1 Å². The molecule has 0 aliphatic heterocycles. The summed E-state index contributed by atoms with van der Waals surface area (Å²) in [5, 5.41) is 4.77. The van der Waals surface area contributed by atoms with Gasteiger partial charge in [0.2, 0.25) is 5.95 Å². The highest BCUT2D eigenvalue weighted by atomic mass is 35.5. The van der Waals surface area contributed by atoms with Gasteiger partial charge in [-0.3, -0.25) is 18.5 Å². The largest absolute Gasteiger partial charge is 0.332 e. The summed E-state index contributed by atoms with van der Waals surface area (Å²) in [5.41, 5.74) is 2.14. The first-order valence-corrected chi connectivity index (χ1v) is 9.63. The van der Waals surface area contributed by atoms with Gasteiger partial charge in [-0.2, -0.15) is 10.1 Å². The number of hydrogen-bond acceptors (Lipinski definition) is 4. The Morgan fingerprint density at radius 1 is 1.10 bits per heavy atom. The van der Waals surface area contributed by atoms with Crippen LogP contribution in [0.3, 0.4) is 0 Å². The van der Waals surface area contributed by atoms with Gasteiger partial charge in [-0.1, -0.05) is 17.7 Å². The van der Waals surface area contributed by atoms with Gasteiger partial charge in [0.15, 0.2) is 11.2 Å². The third kappa shape index (κ3) is 2.80. The Balaban J connectivity index is 2.14. The van der Waals surface area contributed by atoms with E-state index in [0.29, 0.717) is 5.95 Å². The van der Waals surface area contributed by atoms with Crippen LogP contribution >= 0.6 is 11.6 Å². The lowest BCUT2D eigenvalue weighted by atomic mass is 10.2. The minimum absolute atomic E-state index is 0.0534. The molecule has 156 valence electrons. The van der Waals surface area contributed by atoms with Crippen LogP contribution in [-0.4, -0.2) is 28.5 Å². The fraction of sp³-hybridized carbons (Fsp3) is 0.300. The number of aromatic nitrogens is 6. The molecule has 0 radical (unpaired) electrons. The Morgan fingerprint density at radius 3 is 2.40 bits per heavy atom. The molecular formula is C20H20ClFN6O2. The summed E-state index contributed by atoms with van der Waals surface area (Å²) in [5.74, 6) is -0.196. The van der Waals surface area contributed by atoms with Crippen LogP contribution in [0.2, 0.25) is 5.02 Å². The van der Waals surface area contributed by atoms with Gasteiger partial charge in [0.25, 0.3) is 5.56 Å². The molecule has 3 heterocycles. The second-order valence-corrected chi connectivity index (χ2v) is 7.69. The van der Waals surface area contributed by atoms with Gasteiger partial charge < -0.3 is 0 Å². The van der Waals surface area contributed by atoms with Gasteiger partial charge in [-0.25, -0.2) is 13.9 Å². The van der Waals surface area contributed by atoms with Crippen LogP contribution < -0.4 is 11.2 Å². The van der Waals surface area contributed by atoms with Crippen LogP contribution in [0.25, 0.3) is 17.1 Å². The van der Waals surface area contributed by atoms with Crippen molar-refractivity contribution in [1.82, 2.24) is 28.5 Å². The molecule has 0 spiro atoms. The summed E-state index contributed by atoms with van der Waals surface area (Å²) in [4.78, 5) is 30.0. The van der Waals surface area contributed by atoms with Crippen LogP contribution in [0.1, 0.15) is 22.5 Å². The first kappa shape index (κ1) is 20.1. The number of rotatable bonds is 3. The zero-order chi connectivity index (χ0) is 21.9. The van der Waals surface area contributed by atoms with Crippen LogP contribution in [-0.2, 0) is 20.6 Å². The number of benzene rings is 1. The maximum Gasteiger partial charge on any atom is 0.332 e. The average Bonchev–Trinajstić information content (AvgIpc) is 3.20. The molecule has 3 aromatic heterocycles. The molecule has 0 atom stereocenters. The van der Waals surface area contributed by atoms with Crippen LogP contribution in [0, 0.1) is 26.6 Å². The van der Waals surface area contributed by atoms with Crippen molar-refractivity contribution in [3.05, 3.63) is 72.4 Å². The van der Waals surface area contributed by atoms with Gasteiger partial charge in [0, 0.05) is 30.4 Å². The van der Waals surface area contributed by atoms with Crippen molar-refractivity contribution < 1.29 is 4.39 Å². The summed E-state index contributed by atoms with van der Waals surface area (Å²) in [6.45, 7) is 5.63. The fourth-order valence-electron chi connectivity index (χ4n) is 3.50. The normalized spacial score (nSPS) is 11.6. The Labute approximate surface area is 175 Å². The molecule has 10 heteroatoms. The van der Waals surface area contributed by atoms with Crippen LogP contribution in [0.4, 0.5) is 4.39 Å². The van der Waals surface area contributed by atoms with Crippen molar-refractivity contribution in [3.8, 4) is 5.95 Å². The molecule has 0 unspecified atom stereocenters. The highest BCUT2D eigenvalue weighted by Gasteiger charge is 2.24. The Bertz CT molecular complexity index is 1420. The van der Waals surface area contributed by atoms with Crippen molar-refractivity contribution in [3.63, 3.8) is 0 Å². The zero-order valence-electron chi connectivity index (χ0n) is 17.2. The van der Waals surface area contributed by atoms with E-state index in [4.69, 9.17) is 11.6 Å². The Hall–Kier alpha value is -3.20. The predicted molar refractivity (Wildman–Crippen MR) is 112 cm³/mol. The summed E-state index contributed by atoms with van der Waals surface area (Å²) in [6, 6.07) is 4.41. The predicted octanol–water partition coefficient (Wildman–Crippen LogP) is 2.39. The van der Waals surface area contributed by atoms with E-state index in [0.717, 1.165) is 21.5 Å². The lowest BCUT2D eigenvalue weighted by Gasteiger charge is -2.12. The molecule has 0 saturated carbocycles. The summed E-state index contributed by atoms with van der Waals surface area (Å²) in [6.07, 6.45) is 0. The summed E-state index contributed by atoms with van der Waals surface area (Å²) >= 11 is 6.25. The van der Waals surface area contributed by atoms with E-state index in [1.807, 2.05) is 20.8 Å². The van der Waals surface area contributed by atoms with E-state index >= 15 is 0 Å². The second kappa shape index (κ2) is 6.94. The standard InChI is InChI=1S/C20H20ClFN6O2/c1-10-11(2)24-28(12(10)3)19-23-17-16(18(29)26(5)20(30)25(17)4)27(19)9-13-14(21)7-6-8-15(13)22/h6-8H,9H2,1-5H3. The van der Waals surface area contributed by atoms with Crippen LogP contribution in [0.5, 0.6) is 0 Å². The van der Waals surface area contributed by atoms with Gasteiger partial charge in [-0.15, -0.1) is 0 Å². The Morgan fingerprint density at radius 2 is 1.80 bits per heavy atom. The van der Waals surface area contributed by atoms with E-state index in [1.54, 1.807) is 15.3 Å². The third-order valence-corrected chi connectivity index (χ3v) is 5.90. The molecule has 30 heavy (non-hydrogen) atoms. The minimum atomic E-state index is -0.530. The lowest BCUT2D eigenvalue weighted by molar-refractivity contribution is 0.596. The first-order valence-electron chi connectivity index (χ1n) is 9.25. The van der Waals surface area contributed by atoms with E-state index in [1.165, 1.54) is 30.8 Å². The average molecular weight is 431 g/mol. The van der Waals surface area contributed by atoms with Gasteiger partial charge in [0.05, 0.1) is 12.2 Å². The highest BCUT2D eigenvalue weighted by molar-refractivity contribution is 6.31. The zero-order valence-corrected chi connectivity index (χ0v) is 18.0.